The fraction of sp³-hybridized carbons (Fsp3) is 0.500. The first kappa shape index (κ1) is 8.72. The maximum atomic E-state index is 8.36. The average Bonchev–Trinajstić information content (AvgIpc) is 1.99. The Labute approximate surface area is 61.4 Å². The van der Waals surface area contributed by atoms with E-state index in [-0.39, 0.29) is 5.92 Å². The molecule has 0 rings (SSSR count). The van der Waals surface area contributed by atoms with Crippen LogP contribution in [0, 0.1) is 28.6 Å². The van der Waals surface area contributed by atoms with Gasteiger partial charge in [-0.2, -0.15) is 10.5 Å². The van der Waals surface area contributed by atoms with Crippen LogP contribution >= 0.6 is 0 Å². The summed E-state index contributed by atoms with van der Waals surface area (Å²) in [4.78, 5) is 0. The summed E-state index contributed by atoms with van der Waals surface area (Å²) in [6.07, 6.45) is 1.38. The molecule has 0 aromatic rings. The molecule has 0 spiro atoms. The highest BCUT2D eigenvalue weighted by molar-refractivity contribution is 5.15. The smallest absolute Gasteiger partial charge is 0.0940 e. The lowest BCUT2D eigenvalue weighted by atomic mass is 10.0. The zero-order valence-electron chi connectivity index (χ0n) is 6.09. The second-order valence-corrected chi connectivity index (χ2v) is 2.28. The highest BCUT2D eigenvalue weighted by Gasteiger charge is 1.99. The van der Waals surface area contributed by atoms with Crippen LogP contribution in [0.5, 0.6) is 0 Å². The Morgan fingerprint density at radius 3 is 2.60 bits per heavy atom. The van der Waals surface area contributed by atoms with E-state index in [1.54, 1.807) is 0 Å². The van der Waals surface area contributed by atoms with E-state index in [1.807, 2.05) is 13.0 Å². The van der Waals surface area contributed by atoms with Crippen LogP contribution < -0.4 is 0 Å². The summed E-state index contributed by atoms with van der Waals surface area (Å²) >= 11 is 0. The van der Waals surface area contributed by atoms with Crippen LogP contribution in [-0.4, -0.2) is 0 Å². The van der Waals surface area contributed by atoms with E-state index in [0.717, 1.165) is 6.42 Å². The van der Waals surface area contributed by atoms with Gasteiger partial charge < -0.3 is 0 Å². The molecule has 0 aliphatic carbocycles. The molecule has 0 aliphatic heterocycles. The quantitative estimate of drug-likeness (QED) is 0.554. The lowest BCUT2D eigenvalue weighted by molar-refractivity contribution is 0.664. The summed E-state index contributed by atoms with van der Waals surface area (Å²) in [5, 5.41) is 16.6. The Balaban J connectivity index is 3.50. The highest BCUT2D eigenvalue weighted by Crippen LogP contribution is 2.08. The highest BCUT2D eigenvalue weighted by atomic mass is 14.3. The van der Waals surface area contributed by atoms with Gasteiger partial charge in [0, 0.05) is 11.5 Å². The van der Waals surface area contributed by atoms with E-state index in [1.165, 1.54) is 0 Å². The number of allylic oxidation sites excluding steroid dienone is 1. The first-order valence-electron chi connectivity index (χ1n) is 3.18. The number of rotatable bonds is 3. The van der Waals surface area contributed by atoms with E-state index < -0.39 is 0 Å². The summed E-state index contributed by atoms with van der Waals surface area (Å²) in [5.41, 5.74) is 0.558. The minimum atomic E-state index is 0.0325. The van der Waals surface area contributed by atoms with Gasteiger partial charge in [0.15, 0.2) is 0 Å². The van der Waals surface area contributed by atoms with Crippen molar-refractivity contribution in [3.63, 3.8) is 0 Å². The van der Waals surface area contributed by atoms with Crippen molar-refractivity contribution in [2.24, 2.45) is 5.92 Å². The zero-order valence-corrected chi connectivity index (χ0v) is 6.09. The largest absolute Gasteiger partial charge is 0.198 e. The molecule has 0 heterocycles. The molecule has 2 heteroatoms. The molecule has 0 fully saturated rings. The topological polar surface area (TPSA) is 47.6 Å². The van der Waals surface area contributed by atoms with Crippen molar-refractivity contribution in [1.29, 1.82) is 10.5 Å². The second-order valence-electron chi connectivity index (χ2n) is 2.28. The minimum absolute atomic E-state index is 0.0325. The maximum Gasteiger partial charge on any atom is 0.0940 e. The Hall–Kier alpha value is -1.28. The predicted molar refractivity (Wildman–Crippen MR) is 38.8 cm³/mol. The van der Waals surface area contributed by atoms with E-state index in [2.05, 4.69) is 12.6 Å². The Kier molecular flexibility index (Phi) is 4.00. The van der Waals surface area contributed by atoms with Crippen LogP contribution in [0.3, 0.4) is 0 Å². The van der Waals surface area contributed by atoms with Crippen LogP contribution in [0.25, 0.3) is 0 Å². The summed E-state index contributed by atoms with van der Waals surface area (Å²) in [7, 11) is 0. The summed E-state index contributed by atoms with van der Waals surface area (Å²) < 4.78 is 0. The molecule has 0 saturated carbocycles. The van der Waals surface area contributed by atoms with Gasteiger partial charge in [-0.05, 0) is 19.8 Å². The summed E-state index contributed by atoms with van der Waals surface area (Å²) in [6, 6.07) is 4.03. The molecule has 0 N–H and O–H groups in total. The molecule has 1 unspecified atom stereocenters. The second kappa shape index (κ2) is 4.58. The molecule has 0 aromatic carbocycles. The number of hydrogen-bond acceptors (Lipinski definition) is 2. The maximum absolute atomic E-state index is 8.36. The van der Waals surface area contributed by atoms with Crippen LogP contribution in [0.15, 0.2) is 12.2 Å². The van der Waals surface area contributed by atoms with Gasteiger partial charge in [-0.3, -0.25) is 0 Å². The Morgan fingerprint density at radius 1 is 1.60 bits per heavy atom. The van der Waals surface area contributed by atoms with Crippen LogP contribution in [0.4, 0.5) is 0 Å². The van der Waals surface area contributed by atoms with Crippen LogP contribution in [0.1, 0.15) is 19.8 Å². The third kappa shape index (κ3) is 3.69. The molecule has 0 aliphatic rings. The molecule has 0 bridgehead atoms. The number of nitriles is 2. The molecular weight excluding hydrogens is 124 g/mol. The molecule has 52 valence electrons. The van der Waals surface area contributed by atoms with Gasteiger partial charge in [-0.1, -0.05) is 6.58 Å². The molecule has 0 radical (unpaired) electrons. The van der Waals surface area contributed by atoms with Gasteiger partial charge in [0.2, 0.25) is 0 Å². The Bertz CT molecular complexity index is 192. The van der Waals surface area contributed by atoms with Gasteiger partial charge >= 0.3 is 0 Å². The lowest BCUT2D eigenvalue weighted by Gasteiger charge is -1.97. The van der Waals surface area contributed by atoms with E-state index >= 15 is 0 Å². The van der Waals surface area contributed by atoms with Gasteiger partial charge in [0.1, 0.15) is 0 Å². The monoisotopic (exact) mass is 134 g/mol. The van der Waals surface area contributed by atoms with Crippen molar-refractivity contribution in [2.75, 3.05) is 0 Å². The fourth-order valence-corrected chi connectivity index (χ4v) is 0.511. The predicted octanol–water partition coefficient (Wildman–Crippen LogP) is 2.01. The van der Waals surface area contributed by atoms with Crippen LogP contribution in [-0.2, 0) is 0 Å². The number of nitrogens with zero attached hydrogens (tertiary/aromatic N) is 2. The van der Waals surface area contributed by atoms with E-state index in [4.69, 9.17) is 10.5 Å². The standard InChI is InChI=1S/C8H10N2/c1-7(5-9)3-4-8(2)6-10/h8H,1,3-4H2,2H3. The van der Waals surface area contributed by atoms with Crippen molar-refractivity contribution < 1.29 is 0 Å². The third-order valence-electron chi connectivity index (χ3n) is 1.26. The molecule has 0 aromatic heterocycles. The van der Waals surface area contributed by atoms with Gasteiger partial charge in [0.25, 0.3) is 0 Å². The van der Waals surface area contributed by atoms with Crippen molar-refractivity contribution >= 4 is 0 Å². The Morgan fingerprint density at radius 2 is 2.20 bits per heavy atom. The summed E-state index contributed by atoms with van der Waals surface area (Å²) in [5.74, 6) is 0.0325. The first-order chi connectivity index (χ1) is 4.70. The van der Waals surface area contributed by atoms with Gasteiger partial charge in [0.05, 0.1) is 12.1 Å². The first-order valence-corrected chi connectivity index (χ1v) is 3.18. The summed E-state index contributed by atoms with van der Waals surface area (Å²) in [6.45, 7) is 5.35. The lowest BCUT2D eigenvalue weighted by Crippen LogP contribution is -1.89. The number of hydrogen-bond donors (Lipinski definition) is 0. The van der Waals surface area contributed by atoms with Crippen molar-refractivity contribution in [3.8, 4) is 12.1 Å². The fourth-order valence-electron chi connectivity index (χ4n) is 0.511. The normalized spacial score (nSPS) is 11.1. The van der Waals surface area contributed by atoms with Crippen LogP contribution in [0.2, 0.25) is 0 Å². The minimum Gasteiger partial charge on any atom is -0.198 e. The SMILES string of the molecule is C=C(C#N)CCC(C)C#N. The van der Waals surface area contributed by atoms with E-state index in [9.17, 15) is 0 Å². The molecule has 2 nitrogen and oxygen atoms in total. The van der Waals surface area contributed by atoms with E-state index in [0.29, 0.717) is 12.0 Å². The van der Waals surface area contributed by atoms with Gasteiger partial charge in [-0.25, -0.2) is 0 Å². The van der Waals surface area contributed by atoms with Crippen molar-refractivity contribution in [2.45, 2.75) is 19.8 Å². The molecule has 0 saturated heterocycles. The average molecular weight is 134 g/mol. The van der Waals surface area contributed by atoms with Crippen molar-refractivity contribution in [3.05, 3.63) is 12.2 Å². The van der Waals surface area contributed by atoms with Gasteiger partial charge in [-0.15, -0.1) is 0 Å². The third-order valence-corrected chi connectivity index (χ3v) is 1.26. The molecule has 1 atom stereocenters. The van der Waals surface area contributed by atoms with Crippen molar-refractivity contribution in [1.82, 2.24) is 0 Å². The molecular formula is C8H10N2. The molecule has 10 heavy (non-hydrogen) atoms. The zero-order chi connectivity index (χ0) is 7.98. The molecule has 0 amide bonds.